The fraction of sp³-hybridized carbons (Fsp3) is 0.222. The van der Waals surface area contributed by atoms with Gasteiger partial charge >= 0.3 is 0 Å². The Morgan fingerprint density at radius 3 is 2.56 bits per heavy atom. The molecule has 1 saturated heterocycles. The fourth-order valence-corrected chi connectivity index (χ4v) is 3.23. The number of nitrogens with zero attached hydrogens (tertiary/aromatic N) is 3. The van der Waals surface area contributed by atoms with Crippen molar-refractivity contribution < 1.29 is 18.3 Å². The van der Waals surface area contributed by atoms with Crippen LogP contribution in [0, 0.1) is 17.5 Å². The van der Waals surface area contributed by atoms with E-state index in [1.54, 1.807) is 17.0 Å². The molecule has 2 atom stereocenters. The molecule has 1 N–H and O–H groups in total. The number of hydrogen-bond donors (Lipinski definition) is 1. The minimum absolute atomic E-state index is 0.218. The number of anilines is 1. The quantitative estimate of drug-likeness (QED) is 0.774. The number of β-amino-alcohol motifs (C(OH)–C–C–N with tert-alkyl or cyclic N) is 1. The number of fused-ring (bicyclic) bond motifs is 1. The predicted molar refractivity (Wildman–Crippen MR) is 86.6 cm³/mol. The van der Waals surface area contributed by atoms with Crippen LogP contribution >= 0.6 is 0 Å². The summed E-state index contributed by atoms with van der Waals surface area (Å²) >= 11 is 0. The summed E-state index contributed by atoms with van der Waals surface area (Å²) in [5.41, 5.74) is 1.17. The van der Waals surface area contributed by atoms with Gasteiger partial charge in [-0.25, -0.2) is 18.2 Å². The van der Waals surface area contributed by atoms with Crippen molar-refractivity contribution >= 4 is 16.9 Å². The third-order valence-electron chi connectivity index (χ3n) is 4.38. The highest BCUT2D eigenvalue weighted by molar-refractivity contribution is 5.76. The molecule has 4 rings (SSSR count). The summed E-state index contributed by atoms with van der Waals surface area (Å²) in [5.74, 6) is -1.92. The molecule has 1 fully saturated rings. The van der Waals surface area contributed by atoms with Gasteiger partial charge in [0, 0.05) is 18.7 Å². The molecule has 0 spiro atoms. The Labute approximate surface area is 141 Å². The van der Waals surface area contributed by atoms with Crippen molar-refractivity contribution in [3.05, 3.63) is 65.6 Å². The molecular formula is C18H14F3N3O. The SMILES string of the molecule is OC1CC(c2cccc(F)c2)N(c2cnc3cc(F)c(F)cc3n2)C1. The number of hydrogen-bond acceptors (Lipinski definition) is 4. The van der Waals surface area contributed by atoms with Crippen molar-refractivity contribution in [2.75, 3.05) is 11.4 Å². The maximum Gasteiger partial charge on any atom is 0.161 e. The largest absolute Gasteiger partial charge is 0.391 e. The highest BCUT2D eigenvalue weighted by atomic mass is 19.2. The van der Waals surface area contributed by atoms with Crippen LogP contribution in [0.3, 0.4) is 0 Å². The molecule has 2 heterocycles. The molecule has 0 aliphatic carbocycles. The lowest BCUT2D eigenvalue weighted by molar-refractivity contribution is 0.194. The lowest BCUT2D eigenvalue weighted by Gasteiger charge is -2.25. The van der Waals surface area contributed by atoms with E-state index in [1.807, 2.05) is 0 Å². The van der Waals surface area contributed by atoms with Gasteiger partial charge in [-0.3, -0.25) is 4.98 Å². The van der Waals surface area contributed by atoms with E-state index in [9.17, 15) is 18.3 Å². The molecule has 0 radical (unpaired) electrons. The number of benzene rings is 2. The molecular weight excluding hydrogens is 331 g/mol. The fourth-order valence-electron chi connectivity index (χ4n) is 3.23. The highest BCUT2D eigenvalue weighted by Gasteiger charge is 2.33. The zero-order chi connectivity index (χ0) is 17.6. The lowest BCUT2D eigenvalue weighted by atomic mass is 10.0. The summed E-state index contributed by atoms with van der Waals surface area (Å²) in [7, 11) is 0. The Bertz CT molecular complexity index is 950. The topological polar surface area (TPSA) is 49.2 Å². The molecule has 1 aliphatic heterocycles. The van der Waals surface area contributed by atoms with Crippen molar-refractivity contribution in [2.45, 2.75) is 18.6 Å². The Hall–Kier alpha value is -2.67. The summed E-state index contributed by atoms with van der Waals surface area (Å²) in [4.78, 5) is 10.3. The molecule has 1 aliphatic rings. The lowest BCUT2D eigenvalue weighted by Crippen LogP contribution is -2.25. The first-order chi connectivity index (χ1) is 12.0. The van der Waals surface area contributed by atoms with Gasteiger partial charge < -0.3 is 10.0 Å². The average molecular weight is 345 g/mol. The van der Waals surface area contributed by atoms with E-state index in [-0.39, 0.29) is 22.9 Å². The van der Waals surface area contributed by atoms with Crippen molar-refractivity contribution in [2.24, 2.45) is 0 Å². The van der Waals surface area contributed by atoms with Crippen molar-refractivity contribution in [1.29, 1.82) is 0 Å². The standard InChI is InChI=1S/C18H14F3N3O/c19-11-3-1-2-10(4-11)17-5-12(25)9-24(17)18-8-22-15-6-13(20)14(21)7-16(15)23-18/h1-4,6-8,12,17,25H,5,9H2. The first-order valence-corrected chi connectivity index (χ1v) is 7.83. The molecule has 2 aromatic carbocycles. The second-order valence-electron chi connectivity index (χ2n) is 6.10. The number of aliphatic hydroxyl groups is 1. The Kier molecular flexibility index (Phi) is 3.80. The second kappa shape index (κ2) is 6.00. The van der Waals surface area contributed by atoms with E-state index in [4.69, 9.17) is 0 Å². The third kappa shape index (κ3) is 2.91. The van der Waals surface area contributed by atoms with Crippen molar-refractivity contribution in [3.8, 4) is 0 Å². The molecule has 4 nitrogen and oxygen atoms in total. The van der Waals surface area contributed by atoms with Gasteiger partial charge in [0.2, 0.25) is 0 Å². The van der Waals surface area contributed by atoms with Crippen LogP contribution in [0.25, 0.3) is 11.0 Å². The summed E-state index contributed by atoms with van der Waals surface area (Å²) < 4.78 is 40.3. The van der Waals surface area contributed by atoms with Gasteiger partial charge in [0.15, 0.2) is 11.6 Å². The minimum Gasteiger partial charge on any atom is -0.391 e. The van der Waals surface area contributed by atoms with E-state index in [2.05, 4.69) is 9.97 Å². The van der Waals surface area contributed by atoms with Crippen molar-refractivity contribution in [1.82, 2.24) is 9.97 Å². The van der Waals surface area contributed by atoms with Crippen LogP contribution in [-0.2, 0) is 0 Å². The zero-order valence-electron chi connectivity index (χ0n) is 13.0. The Morgan fingerprint density at radius 1 is 1.04 bits per heavy atom. The van der Waals surface area contributed by atoms with Gasteiger partial charge in [-0.1, -0.05) is 12.1 Å². The summed E-state index contributed by atoms with van der Waals surface area (Å²) in [5, 5.41) is 10.1. The minimum atomic E-state index is -0.998. The maximum absolute atomic E-state index is 13.6. The predicted octanol–water partition coefficient (Wildman–Crippen LogP) is 3.36. The summed E-state index contributed by atoms with van der Waals surface area (Å²) in [6.07, 6.45) is 1.26. The van der Waals surface area contributed by atoms with Crippen LogP contribution in [-0.4, -0.2) is 27.7 Å². The molecule has 0 saturated carbocycles. The van der Waals surface area contributed by atoms with Crippen LogP contribution in [0.2, 0.25) is 0 Å². The van der Waals surface area contributed by atoms with Crippen LogP contribution in [0.4, 0.5) is 19.0 Å². The van der Waals surface area contributed by atoms with E-state index >= 15 is 0 Å². The first-order valence-electron chi connectivity index (χ1n) is 7.83. The normalized spacial score (nSPS) is 20.4. The summed E-state index contributed by atoms with van der Waals surface area (Å²) in [6, 6.07) is 7.86. The van der Waals surface area contributed by atoms with Crippen LogP contribution in [0.15, 0.2) is 42.6 Å². The molecule has 128 valence electrons. The Balaban J connectivity index is 1.76. The average Bonchev–Trinajstić information content (AvgIpc) is 2.97. The molecule has 3 aromatic rings. The highest BCUT2D eigenvalue weighted by Crippen LogP contribution is 2.36. The number of rotatable bonds is 2. The van der Waals surface area contributed by atoms with E-state index in [0.29, 0.717) is 24.3 Å². The molecule has 0 amide bonds. The van der Waals surface area contributed by atoms with Crippen molar-refractivity contribution in [3.63, 3.8) is 0 Å². The van der Waals surface area contributed by atoms with E-state index in [1.165, 1.54) is 18.3 Å². The molecule has 7 heteroatoms. The van der Waals surface area contributed by atoms with Crippen LogP contribution in [0.1, 0.15) is 18.0 Å². The van der Waals surface area contributed by atoms with E-state index in [0.717, 1.165) is 12.1 Å². The molecule has 25 heavy (non-hydrogen) atoms. The van der Waals surface area contributed by atoms with Gasteiger partial charge in [0.05, 0.1) is 29.4 Å². The number of aliphatic hydroxyl groups excluding tert-OH is 1. The molecule has 0 bridgehead atoms. The smallest absolute Gasteiger partial charge is 0.161 e. The van der Waals surface area contributed by atoms with Gasteiger partial charge in [0.1, 0.15) is 11.6 Å². The third-order valence-corrected chi connectivity index (χ3v) is 4.38. The van der Waals surface area contributed by atoms with Gasteiger partial charge in [-0.15, -0.1) is 0 Å². The van der Waals surface area contributed by atoms with Crippen LogP contribution in [0.5, 0.6) is 0 Å². The Morgan fingerprint density at radius 2 is 1.80 bits per heavy atom. The zero-order valence-corrected chi connectivity index (χ0v) is 13.0. The summed E-state index contributed by atoms with van der Waals surface area (Å²) in [6.45, 7) is 0.297. The van der Waals surface area contributed by atoms with Gasteiger partial charge in [0.25, 0.3) is 0 Å². The van der Waals surface area contributed by atoms with E-state index < -0.39 is 17.7 Å². The monoisotopic (exact) mass is 345 g/mol. The van der Waals surface area contributed by atoms with Crippen LogP contribution < -0.4 is 4.90 Å². The molecule has 1 aromatic heterocycles. The van der Waals surface area contributed by atoms with Gasteiger partial charge in [-0.2, -0.15) is 0 Å². The number of aromatic nitrogens is 2. The second-order valence-corrected chi connectivity index (χ2v) is 6.10. The maximum atomic E-state index is 13.6. The molecule has 2 unspecified atom stereocenters. The van der Waals surface area contributed by atoms with Gasteiger partial charge in [-0.05, 0) is 24.1 Å². The number of halogens is 3. The first kappa shape index (κ1) is 15.8.